The Morgan fingerprint density at radius 3 is 2.94 bits per heavy atom. The lowest BCUT2D eigenvalue weighted by molar-refractivity contribution is 0.109. The van der Waals surface area contributed by atoms with Crippen molar-refractivity contribution in [1.82, 2.24) is 9.97 Å². The van der Waals surface area contributed by atoms with Gasteiger partial charge in [0.1, 0.15) is 12.5 Å². The second-order valence-electron chi connectivity index (χ2n) is 3.61. The van der Waals surface area contributed by atoms with Crippen LogP contribution in [0.3, 0.4) is 0 Å². The molecule has 0 saturated heterocycles. The summed E-state index contributed by atoms with van der Waals surface area (Å²) in [6, 6.07) is 0. The van der Waals surface area contributed by atoms with Gasteiger partial charge in [0, 0.05) is 24.6 Å². The van der Waals surface area contributed by atoms with E-state index in [1.165, 1.54) is 6.20 Å². The summed E-state index contributed by atoms with van der Waals surface area (Å²) in [4.78, 5) is 9.78. The molecule has 6 nitrogen and oxygen atoms in total. The van der Waals surface area contributed by atoms with E-state index in [1.807, 2.05) is 11.8 Å². The number of fused-ring (bicyclic) bond motifs is 1. The van der Waals surface area contributed by atoms with Crippen LogP contribution < -0.4 is 4.90 Å². The van der Waals surface area contributed by atoms with Crippen LogP contribution in [0.2, 0.25) is 0 Å². The summed E-state index contributed by atoms with van der Waals surface area (Å²) in [7, 11) is -3.36. The molecule has 0 aromatic carbocycles. The van der Waals surface area contributed by atoms with Crippen LogP contribution in [-0.2, 0) is 21.2 Å². The van der Waals surface area contributed by atoms with Gasteiger partial charge < -0.3 is 9.64 Å². The first kappa shape index (κ1) is 11.3. The Morgan fingerprint density at radius 2 is 2.31 bits per heavy atom. The minimum absolute atomic E-state index is 0.133. The summed E-state index contributed by atoms with van der Waals surface area (Å²) in [5.41, 5.74) is 0.820. The van der Waals surface area contributed by atoms with E-state index in [9.17, 15) is 8.42 Å². The highest BCUT2D eigenvalue weighted by atomic mass is 32.2. The number of rotatable bonds is 2. The van der Waals surface area contributed by atoms with Crippen molar-refractivity contribution in [3.8, 4) is 0 Å². The van der Waals surface area contributed by atoms with Gasteiger partial charge in [-0.05, 0) is 6.92 Å². The average Bonchev–Trinajstić information content (AvgIpc) is 2.26. The average molecular weight is 243 g/mol. The first-order chi connectivity index (χ1) is 7.52. The van der Waals surface area contributed by atoms with Gasteiger partial charge in [0.2, 0.25) is 15.0 Å². The van der Waals surface area contributed by atoms with Gasteiger partial charge >= 0.3 is 0 Å². The third-order valence-electron chi connectivity index (χ3n) is 2.34. The summed E-state index contributed by atoms with van der Waals surface area (Å²) in [6.45, 7) is 3.54. The van der Waals surface area contributed by atoms with E-state index < -0.39 is 9.84 Å². The highest BCUT2D eigenvalue weighted by molar-refractivity contribution is 7.90. The Bertz CT molecular complexity index is 501. The third-order valence-corrected chi connectivity index (χ3v) is 3.20. The molecule has 0 N–H and O–H groups in total. The SMILES string of the molecule is CCN1COCc2cnc(S(C)(=O)=O)nc21. The Hall–Kier alpha value is -1.21. The van der Waals surface area contributed by atoms with E-state index in [0.29, 0.717) is 25.7 Å². The van der Waals surface area contributed by atoms with Crippen LogP contribution in [0.4, 0.5) is 5.82 Å². The van der Waals surface area contributed by atoms with E-state index >= 15 is 0 Å². The van der Waals surface area contributed by atoms with Crippen LogP contribution in [0, 0.1) is 0 Å². The van der Waals surface area contributed by atoms with E-state index in [4.69, 9.17) is 4.74 Å². The van der Waals surface area contributed by atoms with Crippen molar-refractivity contribution < 1.29 is 13.2 Å². The lowest BCUT2D eigenvalue weighted by Gasteiger charge is -2.28. The summed E-state index contributed by atoms with van der Waals surface area (Å²) in [5.74, 6) is 0.657. The largest absolute Gasteiger partial charge is 0.356 e. The zero-order chi connectivity index (χ0) is 11.8. The van der Waals surface area contributed by atoms with Crippen molar-refractivity contribution in [3.05, 3.63) is 11.8 Å². The predicted molar refractivity (Wildman–Crippen MR) is 57.8 cm³/mol. The summed E-state index contributed by atoms with van der Waals surface area (Å²) in [5, 5.41) is -0.133. The summed E-state index contributed by atoms with van der Waals surface area (Å²) >= 11 is 0. The third kappa shape index (κ3) is 2.00. The lowest BCUT2D eigenvalue weighted by atomic mass is 10.3. The number of nitrogens with zero attached hydrogens (tertiary/aromatic N) is 3. The van der Waals surface area contributed by atoms with Crippen LogP contribution in [0.25, 0.3) is 0 Å². The standard InChI is InChI=1S/C9H13N3O3S/c1-3-12-6-15-5-7-4-10-9(11-8(7)12)16(2,13)14/h4H,3,5-6H2,1-2H3. The molecule has 1 aromatic rings. The van der Waals surface area contributed by atoms with Gasteiger partial charge in [0.25, 0.3) is 0 Å². The van der Waals surface area contributed by atoms with Gasteiger partial charge in [-0.25, -0.2) is 18.4 Å². The van der Waals surface area contributed by atoms with Gasteiger partial charge in [-0.15, -0.1) is 0 Å². The highest BCUT2D eigenvalue weighted by Gasteiger charge is 2.21. The summed E-state index contributed by atoms with van der Waals surface area (Å²) < 4.78 is 28.0. The molecule has 1 aliphatic heterocycles. The first-order valence-corrected chi connectivity index (χ1v) is 6.80. The minimum atomic E-state index is -3.36. The van der Waals surface area contributed by atoms with E-state index in [0.717, 1.165) is 11.8 Å². The normalized spacial score (nSPS) is 16.0. The smallest absolute Gasteiger partial charge is 0.248 e. The second kappa shape index (κ2) is 3.99. The molecule has 16 heavy (non-hydrogen) atoms. The fourth-order valence-corrected chi connectivity index (χ4v) is 2.00. The number of hydrogen-bond acceptors (Lipinski definition) is 6. The first-order valence-electron chi connectivity index (χ1n) is 4.91. The fraction of sp³-hybridized carbons (Fsp3) is 0.556. The van der Waals surface area contributed by atoms with Crippen molar-refractivity contribution in [2.75, 3.05) is 24.4 Å². The van der Waals surface area contributed by atoms with Crippen molar-refractivity contribution in [1.29, 1.82) is 0 Å². The molecule has 0 radical (unpaired) electrons. The molecule has 0 spiro atoms. The Morgan fingerprint density at radius 1 is 1.56 bits per heavy atom. The number of anilines is 1. The Kier molecular flexibility index (Phi) is 2.81. The maximum atomic E-state index is 11.3. The lowest BCUT2D eigenvalue weighted by Crippen LogP contribution is -2.32. The molecule has 0 saturated carbocycles. The Labute approximate surface area is 94.2 Å². The number of aromatic nitrogens is 2. The van der Waals surface area contributed by atoms with E-state index in [2.05, 4.69) is 9.97 Å². The molecule has 0 fully saturated rings. The van der Waals surface area contributed by atoms with Gasteiger partial charge in [0.15, 0.2) is 0 Å². The predicted octanol–water partition coefficient (Wildman–Crippen LogP) is 0.194. The quantitative estimate of drug-likeness (QED) is 0.691. The molecule has 0 atom stereocenters. The molecular formula is C9H13N3O3S. The summed E-state index contributed by atoms with van der Waals surface area (Å²) in [6.07, 6.45) is 2.62. The maximum Gasteiger partial charge on any atom is 0.248 e. The number of sulfone groups is 1. The van der Waals surface area contributed by atoms with E-state index in [1.54, 1.807) is 0 Å². The number of ether oxygens (including phenoxy) is 1. The molecule has 1 aliphatic rings. The molecule has 0 amide bonds. The van der Waals surface area contributed by atoms with Crippen molar-refractivity contribution in [2.24, 2.45) is 0 Å². The van der Waals surface area contributed by atoms with Crippen LogP contribution in [0.15, 0.2) is 11.4 Å². The van der Waals surface area contributed by atoms with Crippen molar-refractivity contribution in [2.45, 2.75) is 18.7 Å². The molecule has 88 valence electrons. The molecule has 7 heteroatoms. The molecule has 0 bridgehead atoms. The topological polar surface area (TPSA) is 72.4 Å². The minimum Gasteiger partial charge on any atom is -0.356 e. The van der Waals surface area contributed by atoms with Gasteiger partial charge in [0.05, 0.1) is 6.61 Å². The highest BCUT2D eigenvalue weighted by Crippen LogP contribution is 2.23. The monoisotopic (exact) mass is 243 g/mol. The van der Waals surface area contributed by atoms with Crippen molar-refractivity contribution >= 4 is 15.7 Å². The molecule has 1 aromatic heterocycles. The van der Waals surface area contributed by atoms with Gasteiger partial charge in [-0.1, -0.05) is 0 Å². The van der Waals surface area contributed by atoms with Crippen LogP contribution >= 0.6 is 0 Å². The molecular weight excluding hydrogens is 230 g/mol. The fourth-order valence-electron chi connectivity index (χ4n) is 1.50. The molecule has 2 rings (SSSR count). The van der Waals surface area contributed by atoms with Gasteiger partial charge in [-0.3, -0.25) is 0 Å². The maximum absolute atomic E-state index is 11.3. The number of hydrogen-bond donors (Lipinski definition) is 0. The molecule has 0 unspecified atom stereocenters. The van der Waals surface area contributed by atoms with Crippen molar-refractivity contribution in [3.63, 3.8) is 0 Å². The molecule has 2 heterocycles. The van der Waals surface area contributed by atoms with Crippen LogP contribution in [0.5, 0.6) is 0 Å². The Balaban J connectivity index is 2.51. The van der Waals surface area contributed by atoms with Gasteiger partial charge in [-0.2, -0.15) is 0 Å². The van der Waals surface area contributed by atoms with Crippen LogP contribution in [-0.4, -0.2) is 37.9 Å². The van der Waals surface area contributed by atoms with E-state index in [-0.39, 0.29) is 5.16 Å². The van der Waals surface area contributed by atoms with Crippen LogP contribution in [0.1, 0.15) is 12.5 Å². The second-order valence-corrected chi connectivity index (χ2v) is 5.52. The molecule has 0 aliphatic carbocycles. The zero-order valence-corrected chi connectivity index (χ0v) is 9.99. The zero-order valence-electron chi connectivity index (χ0n) is 9.17.